The number of aryl methyl sites for hydroxylation is 3. The molecule has 1 N–H and O–H groups in total. The highest BCUT2D eigenvalue weighted by Gasteiger charge is 2.00. The lowest BCUT2D eigenvalue weighted by Gasteiger charge is -2.04. The lowest BCUT2D eigenvalue weighted by molar-refractivity contribution is -0.130. The Labute approximate surface area is 83.6 Å². The second-order valence-electron chi connectivity index (χ2n) is 3.33. The number of aliphatic carboxylic acids is 1. The molecule has 0 unspecified atom stereocenters. The van der Waals surface area contributed by atoms with Crippen LogP contribution in [-0.4, -0.2) is 11.1 Å². The number of carboxylic acid groups (broad SMARTS) is 1. The Hall–Kier alpha value is -1.75. The average Bonchev–Trinajstić information content (AvgIpc) is 2.01. The SMILES string of the molecule is Cc1cc(C)c(C#CC(=O)O)c(C)c1. The Bertz CT molecular complexity index is 410. The van der Waals surface area contributed by atoms with Crippen molar-refractivity contribution in [3.8, 4) is 11.8 Å². The number of benzene rings is 1. The van der Waals surface area contributed by atoms with Crippen LogP contribution in [0.25, 0.3) is 0 Å². The van der Waals surface area contributed by atoms with Crippen LogP contribution < -0.4 is 0 Å². The van der Waals surface area contributed by atoms with E-state index in [4.69, 9.17) is 5.11 Å². The third-order valence-corrected chi connectivity index (χ3v) is 1.97. The zero-order valence-electron chi connectivity index (χ0n) is 8.51. The smallest absolute Gasteiger partial charge is 0.382 e. The molecule has 1 rings (SSSR count). The third kappa shape index (κ3) is 2.37. The van der Waals surface area contributed by atoms with Gasteiger partial charge in [-0.3, -0.25) is 0 Å². The van der Waals surface area contributed by atoms with Crippen molar-refractivity contribution in [2.24, 2.45) is 0 Å². The zero-order valence-corrected chi connectivity index (χ0v) is 8.51. The summed E-state index contributed by atoms with van der Waals surface area (Å²) in [5, 5.41) is 8.44. The molecule has 0 aliphatic rings. The fourth-order valence-electron chi connectivity index (χ4n) is 1.49. The maximum atomic E-state index is 10.3. The molecule has 1 aromatic carbocycles. The summed E-state index contributed by atoms with van der Waals surface area (Å²) in [5.41, 5.74) is 4.03. The number of carbonyl (C=O) groups is 1. The van der Waals surface area contributed by atoms with Gasteiger partial charge in [-0.15, -0.1) is 0 Å². The maximum Gasteiger partial charge on any atom is 0.382 e. The van der Waals surface area contributed by atoms with Crippen LogP contribution in [0.4, 0.5) is 0 Å². The molecule has 0 fully saturated rings. The molecule has 2 heteroatoms. The van der Waals surface area contributed by atoms with Crippen LogP contribution >= 0.6 is 0 Å². The van der Waals surface area contributed by atoms with Crippen molar-refractivity contribution in [1.29, 1.82) is 0 Å². The highest BCUT2D eigenvalue weighted by atomic mass is 16.4. The molecule has 0 heterocycles. The second kappa shape index (κ2) is 3.97. The number of carboxylic acids is 1. The largest absolute Gasteiger partial charge is 0.472 e. The minimum atomic E-state index is -1.09. The molecule has 72 valence electrons. The number of rotatable bonds is 0. The maximum absolute atomic E-state index is 10.3. The van der Waals surface area contributed by atoms with Crippen LogP contribution in [0.2, 0.25) is 0 Å². The first kappa shape index (κ1) is 10.3. The van der Waals surface area contributed by atoms with Gasteiger partial charge in [0.15, 0.2) is 0 Å². The van der Waals surface area contributed by atoms with Crippen LogP contribution in [0.5, 0.6) is 0 Å². The second-order valence-corrected chi connectivity index (χ2v) is 3.33. The molecule has 2 nitrogen and oxygen atoms in total. The molecule has 0 aromatic heterocycles. The summed E-state index contributed by atoms with van der Waals surface area (Å²) >= 11 is 0. The van der Waals surface area contributed by atoms with Crippen molar-refractivity contribution < 1.29 is 9.90 Å². The summed E-state index contributed by atoms with van der Waals surface area (Å²) in [6, 6.07) is 4.00. The Balaban J connectivity index is 3.24. The molecular formula is C12H12O2. The van der Waals surface area contributed by atoms with Gasteiger partial charge in [-0.05, 0) is 31.9 Å². The molecule has 0 saturated heterocycles. The molecule has 0 aliphatic heterocycles. The fraction of sp³-hybridized carbons (Fsp3) is 0.250. The van der Waals surface area contributed by atoms with Crippen molar-refractivity contribution in [2.45, 2.75) is 20.8 Å². The minimum Gasteiger partial charge on any atom is -0.472 e. The van der Waals surface area contributed by atoms with Gasteiger partial charge in [0.1, 0.15) is 0 Å². The van der Waals surface area contributed by atoms with Gasteiger partial charge in [-0.25, -0.2) is 4.79 Å². The van der Waals surface area contributed by atoms with E-state index < -0.39 is 5.97 Å². The minimum absolute atomic E-state index is 0.818. The van der Waals surface area contributed by atoms with Crippen LogP contribution in [0.1, 0.15) is 22.3 Å². The van der Waals surface area contributed by atoms with Crippen molar-refractivity contribution >= 4 is 5.97 Å². The van der Waals surface area contributed by atoms with Crippen LogP contribution in [-0.2, 0) is 4.79 Å². The zero-order chi connectivity index (χ0) is 10.7. The predicted octanol–water partition coefficient (Wildman–Crippen LogP) is 2.05. The van der Waals surface area contributed by atoms with Crippen molar-refractivity contribution in [2.75, 3.05) is 0 Å². The van der Waals surface area contributed by atoms with Crippen molar-refractivity contribution in [1.82, 2.24) is 0 Å². The Morgan fingerprint density at radius 1 is 1.21 bits per heavy atom. The number of hydrogen-bond acceptors (Lipinski definition) is 1. The summed E-state index contributed by atoms with van der Waals surface area (Å²) < 4.78 is 0. The summed E-state index contributed by atoms with van der Waals surface area (Å²) in [5.74, 6) is 3.69. The van der Waals surface area contributed by atoms with Crippen LogP contribution in [0.15, 0.2) is 12.1 Å². The van der Waals surface area contributed by atoms with E-state index in [9.17, 15) is 4.79 Å². The fourth-order valence-corrected chi connectivity index (χ4v) is 1.49. The van der Waals surface area contributed by atoms with Gasteiger partial charge in [-0.1, -0.05) is 23.6 Å². The first-order valence-electron chi connectivity index (χ1n) is 4.33. The lowest BCUT2D eigenvalue weighted by Crippen LogP contribution is -1.92. The van der Waals surface area contributed by atoms with Gasteiger partial charge in [0.2, 0.25) is 0 Å². The standard InChI is InChI=1S/C12H12O2/c1-8-6-9(2)11(10(3)7-8)4-5-12(13)14/h6-7H,1-3H3,(H,13,14). The van der Waals surface area contributed by atoms with E-state index >= 15 is 0 Å². The first-order chi connectivity index (χ1) is 6.50. The van der Waals surface area contributed by atoms with Crippen LogP contribution in [0.3, 0.4) is 0 Å². The third-order valence-electron chi connectivity index (χ3n) is 1.97. The van der Waals surface area contributed by atoms with Gasteiger partial charge in [0.05, 0.1) is 0 Å². The molecule has 0 aliphatic carbocycles. The molecular weight excluding hydrogens is 176 g/mol. The average molecular weight is 188 g/mol. The van der Waals surface area contributed by atoms with Crippen LogP contribution in [0, 0.1) is 32.6 Å². The molecule has 0 atom stereocenters. The Morgan fingerprint density at radius 3 is 2.14 bits per heavy atom. The molecule has 0 saturated carbocycles. The Kier molecular flexibility index (Phi) is 2.93. The summed E-state index contributed by atoms with van der Waals surface area (Å²) in [6.45, 7) is 5.88. The first-order valence-corrected chi connectivity index (χ1v) is 4.33. The summed E-state index contributed by atoms with van der Waals surface area (Å²) in [4.78, 5) is 10.3. The van der Waals surface area contributed by atoms with Crippen molar-refractivity contribution in [3.63, 3.8) is 0 Å². The van der Waals surface area contributed by atoms with Gasteiger partial charge in [0, 0.05) is 11.5 Å². The van der Waals surface area contributed by atoms with E-state index in [1.54, 1.807) is 0 Å². The van der Waals surface area contributed by atoms with Gasteiger partial charge < -0.3 is 5.11 Å². The molecule has 0 spiro atoms. The summed E-state index contributed by atoms with van der Waals surface area (Å²) in [7, 11) is 0. The highest BCUT2D eigenvalue weighted by Crippen LogP contribution is 2.14. The molecule has 14 heavy (non-hydrogen) atoms. The van der Waals surface area contributed by atoms with E-state index in [0.717, 1.165) is 16.7 Å². The van der Waals surface area contributed by atoms with E-state index in [1.807, 2.05) is 32.9 Å². The predicted molar refractivity (Wildman–Crippen MR) is 55.2 cm³/mol. The molecule has 0 amide bonds. The topological polar surface area (TPSA) is 37.3 Å². The molecule has 1 aromatic rings. The van der Waals surface area contributed by atoms with Gasteiger partial charge in [0.25, 0.3) is 0 Å². The normalized spacial score (nSPS) is 9.07. The highest BCUT2D eigenvalue weighted by molar-refractivity contribution is 5.87. The molecule has 0 bridgehead atoms. The monoisotopic (exact) mass is 188 g/mol. The van der Waals surface area contributed by atoms with Gasteiger partial charge in [-0.2, -0.15) is 0 Å². The van der Waals surface area contributed by atoms with E-state index in [-0.39, 0.29) is 0 Å². The summed E-state index contributed by atoms with van der Waals surface area (Å²) in [6.07, 6.45) is 0. The number of hydrogen-bond donors (Lipinski definition) is 1. The van der Waals surface area contributed by atoms with E-state index in [2.05, 4.69) is 11.8 Å². The van der Waals surface area contributed by atoms with E-state index in [1.165, 1.54) is 5.56 Å². The lowest BCUT2D eigenvalue weighted by atomic mass is 10.0. The van der Waals surface area contributed by atoms with Gasteiger partial charge >= 0.3 is 5.97 Å². The molecule has 0 radical (unpaired) electrons. The van der Waals surface area contributed by atoms with Crippen molar-refractivity contribution in [3.05, 3.63) is 34.4 Å². The quantitative estimate of drug-likeness (QED) is 0.633. The Morgan fingerprint density at radius 2 is 1.71 bits per heavy atom. The van der Waals surface area contributed by atoms with E-state index in [0.29, 0.717) is 0 Å².